The van der Waals surface area contributed by atoms with Gasteiger partial charge in [0.2, 0.25) is 0 Å². The highest BCUT2D eigenvalue weighted by molar-refractivity contribution is 5.71. The number of rotatable bonds is 70. The zero-order valence-electron chi connectivity index (χ0n) is 55.4. The van der Waals surface area contributed by atoms with Crippen LogP contribution in [0.5, 0.6) is 0 Å². The average Bonchev–Trinajstić information content (AvgIpc) is 3.47. The van der Waals surface area contributed by atoms with E-state index in [1.165, 1.54) is 327 Å². The van der Waals surface area contributed by atoms with Crippen molar-refractivity contribution in [2.45, 2.75) is 438 Å². The molecule has 0 aromatic heterocycles. The van der Waals surface area contributed by atoms with Gasteiger partial charge in [-0.1, -0.05) is 380 Å². The molecule has 0 rings (SSSR count). The first-order valence-corrected chi connectivity index (χ1v) is 37.2. The van der Waals surface area contributed by atoms with E-state index in [2.05, 4.69) is 32.9 Å². The molecule has 0 aromatic carbocycles. The summed E-state index contributed by atoms with van der Waals surface area (Å²) in [4.78, 5) is 38.5. The lowest BCUT2D eigenvalue weighted by molar-refractivity contribution is -0.167. The van der Waals surface area contributed by atoms with E-state index in [1.54, 1.807) is 0 Å². The normalized spacial score (nSPS) is 12.0. The van der Waals surface area contributed by atoms with Gasteiger partial charge in [0.25, 0.3) is 0 Å². The van der Waals surface area contributed by atoms with Crippen LogP contribution in [-0.4, -0.2) is 37.2 Å². The molecule has 0 aliphatic carbocycles. The third kappa shape index (κ3) is 68.8. The van der Waals surface area contributed by atoms with Crippen molar-refractivity contribution in [3.63, 3.8) is 0 Å². The molecule has 480 valence electrons. The van der Waals surface area contributed by atoms with Gasteiger partial charge in [0, 0.05) is 19.3 Å². The highest BCUT2D eigenvalue weighted by Crippen LogP contribution is 2.20. The number of esters is 3. The maximum Gasteiger partial charge on any atom is 0.306 e. The van der Waals surface area contributed by atoms with Gasteiger partial charge >= 0.3 is 17.9 Å². The Labute approximate surface area is 507 Å². The molecule has 0 aliphatic heterocycles. The van der Waals surface area contributed by atoms with E-state index < -0.39 is 6.10 Å². The summed E-state index contributed by atoms with van der Waals surface area (Å²) in [6.07, 6.45) is 85.5. The molecule has 0 spiro atoms. The predicted molar refractivity (Wildman–Crippen MR) is 353 cm³/mol. The molecule has 6 heteroatoms. The van der Waals surface area contributed by atoms with Gasteiger partial charge in [-0.2, -0.15) is 0 Å². The molecule has 6 nitrogen and oxygen atoms in total. The molecule has 0 fully saturated rings. The molecule has 0 bridgehead atoms. The zero-order valence-corrected chi connectivity index (χ0v) is 55.4. The Morgan fingerprint density at radius 1 is 0.235 bits per heavy atom. The topological polar surface area (TPSA) is 78.9 Å². The summed E-state index contributed by atoms with van der Waals surface area (Å²) >= 11 is 0. The Balaban J connectivity index is 4.18. The van der Waals surface area contributed by atoms with E-state index in [0.717, 1.165) is 64.2 Å². The highest BCUT2D eigenvalue weighted by atomic mass is 16.6. The molecule has 0 amide bonds. The van der Waals surface area contributed by atoms with E-state index in [-0.39, 0.29) is 31.1 Å². The molecular formula is C75H144O6. The summed E-state index contributed by atoms with van der Waals surface area (Å²) in [6, 6.07) is 0. The third-order valence-corrected chi connectivity index (χ3v) is 17.3. The SMILES string of the molecule is CCCCCCC/C=C\CCCCCCCC(=O)OCC(COC(=O)CCCCCCCCCCCCCCCCCCCCCCCCCCCCCC)OC(=O)CCCCCCCCCCCCCCCCCCCCCCC. The van der Waals surface area contributed by atoms with E-state index in [4.69, 9.17) is 14.2 Å². The van der Waals surface area contributed by atoms with Crippen molar-refractivity contribution in [2.75, 3.05) is 13.2 Å². The molecule has 0 N–H and O–H groups in total. The minimum Gasteiger partial charge on any atom is -0.462 e. The molecule has 1 unspecified atom stereocenters. The fourth-order valence-corrected chi connectivity index (χ4v) is 11.7. The zero-order chi connectivity index (χ0) is 58.5. The Hall–Kier alpha value is -1.85. The van der Waals surface area contributed by atoms with Crippen molar-refractivity contribution in [1.82, 2.24) is 0 Å². The molecule has 0 saturated heterocycles. The van der Waals surface area contributed by atoms with Crippen LogP contribution in [0.2, 0.25) is 0 Å². The summed E-state index contributed by atoms with van der Waals surface area (Å²) in [7, 11) is 0. The lowest BCUT2D eigenvalue weighted by Crippen LogP contribution is -2.30. The minimum atomic E-state index is -0.770. The van der Waals surface area contributed by atoms with Crippen molar-refractivity contribution in [3.05, 3.63) is 12.2 Å². The number of unbranched alkanes of at least 4 members (excludes halogenated alkanes) is 57. The number of carbonyl (C=O) groups excluding carboxylic acids is 3. The van der Waals surface area contributed by atoms with Gasteiger partial charge in [-0.3, -0.25) is 14.4 Å². The predicted octanol–water partition coefficient (Wildman–Crippen LogP) is 25.6. The monoisotopic (exact) mass is 1140 g/mol. The maximum absolute atomic E-state index is 13.0. The van der Waals surface area contributed by atoms with Gasteiger partial charge in [-0.25, -0.2) is 0 Å². The maximum atomic E-state index is 13.0. The van der Waals surface area contributed by atoms with Gasteiger partial charge in [-0.05, 0) is 44.9 Å². The van der Waals surface area contributed by atoms with Crippen LogP contribution in [0.1, 0.15) is 432 Å². The quantitative estimate of drug-likeness (QED) is 0.0261. The van der Waals surface area contributed by atoms with Crippen molar-refractivity contribution >= 4 is 17.9 Å². The van der Waals surface area contributed by atoms with Gasteiger partial charge in [0.05, 0.1) is 0 Å². The molecular weight excluding hydrogens is 997 g/mol. The standard InChI is InChI=1S/C75H144O6/c1-4-7-10-13-16-19-22-25-28-30-32-34-35-36-37-38-39-40-42-43-45-47-50-53-56-59-62-65-68-74(77)80-71-72(70-79-73(76)67-64-61-58-55-52-49-27-24-21-18-15-12-9-6-3)81-75(78)69-66-63-60-57-54-51-48-46-44-41-33-31-29-26-23-20-17-14-11-8-5-2/h24,27,72H,4-23,25-26,28-71H2,1-3H3/b27-24-. The average molecular weight is 1140 g/mol. The summed E-state index contributed by atoms with van der Waals surface area (Å²) in [6.45, 7) is 6.72. The molecule has 81 heavy (non-hydrogen) atoms. The lowest BCUT2D eigenvalue weighted by atomic mass is 10.0. The fraction of sp³-hybridized carbons (Fsp3) is 0.933. The second-order valence-corrected chi connectivity index (χ2v) is 25.6. The Morgan fingerprint density at radius 2 is 0.407 bits per heavy atom. The smallest absolute Gasteiger partial charge is 0.306 e. The van der Waals surface area contributed by atoms with Crippen LogP contribution in [0.15, 0.2) is 12.2 Å². The van der Waals surface area contributed by atoms with Gasteiger partial charge < -0.3 is 14.2 Å². The number of ether oxygens (including phenoxy) is 3. The number of allylic oxidation sites excluding steroid dienone is 2. The van der Waals surface area contributed by atoms with Crippen molar-refractivity contribution < 1.29 is 28.6 Å². The molecule has 0 aromatic rings. The number of hydrogen-bond acceptors (Lipinski definition) is 6. The number of hydrogen-bond donors (Lipinski definition) is 0. The largest absolute Gasteiger partial charge is 0.462 e. The molecule has 0 heterocycles. The second kappa shape index (κ2) is 70.6. The van der Waals surface area contributed by atoms with Crippen LogP contribution >= 0.6 is 0 Å². The molecule has 0 aliphatic rings. The van der Waals surface area contributed by atoms with Crippen molar-refractivity contribution in [2.24, 2.45) is 0 Å². The van der Waals surface area contributed by atoms with Crippen LogP contribution in [0.4, 0.5) is 0 Å². The van der Waals surface area contributed by atoms with Gasteiger partial charge in [0.15, 0.2) is 6.10 Å². The summed E-state index contributed by atoms with van der Waals surface area (Å²) in [5.74, 6) is -0.837. The molecule has 0 saturated carbocycles. The molecule has 1 atom stereocenters. The summed E-state index contributed by atoms with van der Waals surface area (Å²) in [5, 5.41) is 0. The first-order valence-electron chi connectivity index (χ1n) is 37.2. The van der Waals surface area contributed by atoms with E-state index >= 15 is 0 Å². The first kappa shape index (κ1) is 79.2. The molecule has 0 radical (unpaired) electrons. The Kier molecular flexibility index (Phi) is 69.0. The van der Waals surface area contributed by atoms with E-state index in [9.17, 15) is 14.4 Å². The van der Waals surface area contributed by atoms with E-state index in [0.29, 0.717) is 19.3 Å². The highest BCUT2D eigenvalue weighted by Gasteiger charge is 2.20. The lowest BCUT2D eigenvalue weighted by Gasteiger charge is -2.18. The summed E-state index contributed by atoms with van der Waals surface area (Å²) < 4.78 is 17.0. The van der Waals surface area contributed by atoms with E-state index in [1.807, 2.05) is 0 Å². The van der Waals surface area contributed by atoms with Crippen LogP contribution in [0, 0.1) is 0 Å². The van der Waals surface area contributed by atoms with Crippen molar-refractivity contribution in [3.8, 4) is 0 Å². The van der Waals surface area contributed by atoms with Crippen LogP contribution < -0.4 is 0 Å². The van der Waals surface area contributed by atoms with Gasteiger partial charge in [-0.15, -0.1) is 0 Å². The Bertz CT molecular complexity index is 1260. The van der Waals surface area contributed by atoms with Crippen LogP contribution in [0.3, 0.4) is 0 Å². The van der Waals surface area contributed by atoms with Crippen LogP contribution in [-0.2, 0) is 28.6 Å². The Morgan fingerprint density at radius 3 is 0.617 bits per heavy atom. The van der Waals surface area contributed by atoms with Crippen LogP contribution in [0.25, 0.3) is 0 Å². The fourth-order valence-electron chi connectivity index (χ4n) is 11.7. The van der Waals surface area contributed by atoms with Crippen molar-refractivity contribution in [1.29, 1.82) is 0 Å². The van der Waals surface area contributed by atoms with Gasteiger partial charge in [0.1, 0.15) is 13.2 Å². The summed E-state index contributed by atoms with van der Waals surface area (Å²) in [5.41, 5.74) is 0. The second-order valence-electron chi connectivity index (χ2n) is 25.6. The number of carbonyl (C=O) groups is 3. The minimum absolute atomic E-state index is 0.0655. The first-order chi connectivity index (χ1) is 40.0. The third-order valence-electron chi connectivity index (χ3n) is 17.3.